The van der Waals surface area contributed by atoms with Crippen molar-refractivity contribution in [3.8, 4) is 16.9 Å². The topological polar surface area (TPSA) is 90.0 Å². The molecule has 0 radical (unpaired) electrons. The van der Waals surface area contributed by atoms with Gasteiger partial charge in [-0.1, -0.05) is 24.6 Å². The second-order valence-corrected chi connectivity index (χ2v) is 12.6. The van der Waals surface area contributed by atoms with E-state index < -0.39 is 26.7 Å². The average Bonchev–Trinajstić information content (AvgIpc) is 2.79. The second-order valence-electron chi connectivity index (χ2n) is 9.71. The zero-order valence-electron chi connectivity index (χ0n) is 22.1. The largest absolute Gasteiger partial charge is 0.481 e. The van der Waals surface area contributed by atoms with Crippen LogP contribution in [0.3, 0.4) is 0 Å². The molecule has 2 aromatic carbocycles. The van der Waals surface area contributed by atoms with Gasteiger partial charge in [-0.25, -0.2) is 13.2 Å². The lowest BCUT2D eigenvalue weighted by Gasteiger charge is -2.23. The summed E-state index contributed by atoms with van der Waals surface area (Å²) in [5, 5.41) is -0.328. The van der Waals surface area contributed by atoms with Gasteiger partial charge in [-0.2, -0.15) is 0 Å². The minimum absolute atomic E-state index is 0.0485. The van der Waals surface area contributed by atoms with Gasteiger partial charge in [0, 0.05) is 23.7 Å². The van der Waals surface area contributed by atoms with E-state index in [1.807, 2.05) is 13.8 Å². The van der Waals surface area contributed by atoms with Crippen LogP contribution in [-0.4, -0.2) is 55.7 Å². The average molecular weight is 538 g/mol. The lowest BCUT2D eigenvalue weighted by atomic mass is 10.0. The van der Waals surface area contributed by atoms with E-state index in [0.717, 1.165) is 6.42 Å². The maximum Gasteiger partial charge on any atom is 0.344 e. The summed E-state index contributed by atoms with van der Waals surface area (Å²) in [6.45, 7) is 12.9. The third kappa shape index (κ3) is 7.46. The second kappa shape index (κ2) is 12.1. The molecule has 9 heteroatoms. The Hall–Kier alpha value is -2.58. The Morgan fingerprint density at radius 2 is 1.72 bits per heavy atom. The van der Waals surface area contributed by atoms with Crippen LogP contribution in [0.15, 0.2) is 41.3 Å². The predicted molar refractivity (Wildman–Crippen MR) is 142 cm³/mol. The first-order valence-corrected chi connectivity index (χ1v) is 14.0. The van der Waals surface area contributed by atoms with Crippen LogP contribution in [0, 0.1) is 0 Å². The highest BCUT2D eigenvalue weighted by molar-refractivity contribution is 7.92. The van der Waals surface area contributed by atoms with Gasteiger partial charge in [0.1, 0.15) is 11.4 Å². The zero-order valence-corrected chi connectivity index (χ0v) is 23.6. The number of hydrogen-bond acceptors (Lipinski definition) is 6. The number of benzene rings is 2. The van der Waals surface area contributed by atoms with Crippen LogP contribution < -0.4 is 4.74 Å². The summed E-state index contributed by atoms with van der Waals surface area (Å²) in [5.74, 6) is -0.543. The van der Waals surface area contributed by atoms with Crippen LogP contribution in [0.2, 0.25) is 5.02 Å². The number of halogens is 1. The van der Waals surface area contributed by atoms with Crippen molar-refractivity contribution in [1.82, 2.24) is 4.90 Å². The molecule has 0 unspecified atom stereocenters. The highest BCUT2D eigenvalue weighted by atomic mass is 35.5. The van der Waals surface area contributed by atoms with Crippen molar-refractivity contribution in [2.75, 3.05) is 19.7 Å². The number of rotatable bonds is 10. The normalized spacial score (nSPS) is 11.9. The minimum atomic E-state index is -3.80. The molecule has 0 bridgehead atoms. The first-order valence-electron chi connectivity index (χ1n) is 12.0. The summed E-state index contributed by atoms with van der Waals surface area (Å²) in [7, 11) is -3.80. The maximum absolute atomic E-state index is 13.3. The quantitative estimate of drug-likeness (QED) is 0.357. The standard InChI is InChI=1S/C27H36ClNO6S/c1-8-14-29(9-2)26(31)21-12-10-19(15-24(21)36(32,33)18(3)4)22-16-20(28)11-13-23(22)34-17-25(30)35-27(5,6)7/h10-13,15-16,18H,8-9,14,17H2,1-7H3. The van der Waals surface area contributed by atoms with Gasteiger partial charge in [0.2, 0.25) is 0 Å². The highest BCUT2D eigenvalue weighted by Gasteiger charge is 2.28. The van der Waals surface area contributed by atoms with Gasteiger partial charge < -0.3 is 14.4 Å². The monoisotopic (exact) mass is 537 g/mol. The molecule has 0 aromatic heterocycles. The van der Waals surface area contributed by atoms with E-state index in [0.29, 0.717) is 35.0 Å². The fourth-order valence-electron chi connectivity index (χ4n) is 3.56. The van der Waals surface area contributed by atoms with Crippen molar-refractivity contribution in [2.24, 2.45) is 0 Å². The van der Waals surface area contributed by atoms with Crippen molar-refractivity contribution in [3.63, 3.8) is 0 Å². The van der Waals surface area contributed by atoms with E-state index in [-0.39, 0.29) is 23.0 Å². The van der Waals surface area contributed by atoms with E-state index in [9.17, 15) is 18.0 Å². The van der Waals surface area contributed by atoms with Gasteiger partial charge in [0.15, 0.2) is 16.4 Å². The van der Waals surface area contributed by atoms with Crippen LogP contribution in [0.5, 0.6) is 5.75 Å². The van der Waals surface area contributed by atoms with Gasteiger partial charge >= 0.3 is 5.97 Å². The molecule has 36 heavy (non-hydrogen) atoms. The number of carbonyl (C=O) groups is 2. The fraction of sp³-hybridized carbons (Fsp3) is 0.481. The molecule has 0 saturated carbocycles. The summed E-state index contributed by atoms with van der Waals surface area (Å²) in [6, 6.07) is 9.53. The lowest BCUT2D eigenvalue weighted by Crippen LogP contribution is -2.33. The predicted octanol–water partition coefficient (Wildman–Crippen LogP) is 5.78. The third-order valence-corrected chi connectivity index (χ3v) is 7.75. The molecule has 7 nitrogen and oxygen atoms in total. The maximum atomic E-state index is 13.3. The summed E-state index contributed by atoms with van der Waals surface area (Å²) in [4.78, 5) is 27.0. The molecule has 2 aromatic rings. The molecule has 0 atom stereocenters. The van der Waals surface area contributed by atoms with E-state index >= 15 is 0 Å². The van der Waals surface area contributed by atoms with E-state index in [1.54, 1.807) is 63.8 Å². The summed E-state index contributed by atoms with van der Waals surface area (Å²) in [5.41, 5.74) is 0.453. The van der Waals surface area contributed by atoms with Crippen LogP contribution in [0.4, 0.5) is 0 Å². The Morgan fingerprint density at radius 3 is 2.28 bits per heavy atom. The first kappa shape index (κ1) is 29.6. The Balaban J connectivity index is 2.59. The number of carbonyl (C=O) groups excluding carboxylic acids is 2. The van der Waals surface area contributed by atoms with E-state index in [4.69, 9.17) is 21.1 Å². The molecule has 1 amide bonds. The molecule has 0 aliphatic heterocycles. The van der Waals surface area contributed by atoms with Gasteiger partial charge in [-0.15, -0.1) is 0 Å². The molecule has 198 valence electrons. The molecule has 2 rings (SSSR count). The van der Waals surface area contributed by atoms with Gasteiger partial charge in [-0.3, -0.25) is 4.79 Å². The molecule has 0 heterocycles. The van der Waals surface area contributed by atoms with Crippen LogP contribution in [-0.2, 0) is 19.4 Å². The Kier molecular flexibility index (Phi) is 9.97. The Labute approximate surface area is 219 Å². The summed E-state index contributed by atoms with van der Waals surface area (Å²) < 4.78 is 37.7. The van der Waals surface area contributed by atoms with E-state index in [2.05, 4.69) is 0 Å². The molecular formula is C27H36ClNO6S. The van der Waals surface area contributed by atoms with Crippen LogP contribution in [0.25, 0.3) is 11.1 Å². The lowest BCUT2D eigenvalue weighted by molar-refractivity contribution is -0.157. The molecular weight excluding hydrogens is 502 g/mol. The number of hydrogen-bond donors (Lipinski definition) is 0. The molecule has 0 aliphatic rings. The highest BCUT2D eigenvalue weighted by Crippen LogP contribution is 2.36. The number of ether oxygens (including phenoxy) is 2. The van der Waals surface area contributed by atoms with Gasteiger partial charge in [0.05, 0.1) is 15.7 Å². The fourth-order valence-corrected chi connectivity index (χ4v) is 4.99. The number of esters is 1. The smallest absolute Gasteiger partial charge is 0.344 e. The van der Waals surface area contributed by atoms with Crippen LogP contribution in [0.1, 0.15) is 65.2 Å². The molecule has 0 N–H and O–H groups in total. The summed E-state index contributed by atoms with van der Waals surface area (Å²) in [6.07, 6.45) is 0.755. The van der Waals surface area contributed by atoms with Gasteiger partial charge in [0.25, 0.3) is 5.91 Å². The van der Waals surface area contributed by atoms with Crippen molar-refractivity contribution in [1.29, 1.82) is 0 Å². The van der Waals surface area contributed by atoms with Crippen molar-refractivity contribution in [3.05, 3.63) is 47.0 Å². The third-order valence-electron chi connectivity index (χ3n) is 5.32. The molecule has 0 fully saturated rings. The van der Waals surface area contributed by atoms with Crippen LogP contribution >= 0.6 is 11.6 Å². The summed E-state index contributed by atoms with van der Waals surface area (Å²) >= 11 is 6.25. The number of amides is 1. The Bertz CT molecular complexity index is 1200. The van der Waals surface area contributed by atoms with Crippen molar-refractivity contribution < 1.29 is 27.5 Å². The van der Waals surface area contributed by atoms with Crippen molar-refractivity contribution >= 4 is 33.3 Å². The number of nitrogens with zero attached hydrogens (tertiary/aromatic N) is 1. The first-order chi connectivity index (χ1) is 16.7. The molecule has 0 aliphatic carbocycles. The molecule has 0 saturated heterocycles. The molecule has 0 spiro atoms. The van der Waals surface area contributed by atoms with Crippen molar-refractivity contribution in [2.45, 2.75) is 70.6 Å². The van der Waals surface area contributed by atoms with E-state index in [1.165, 1.54) is 12.1 Å². The minimum Gasteiger partial charge on any atom is -0.481 e. The Morgan fingerprint density at radius 1 is 1.06 bits per heavy atom. The number of sulfone groups is 1. The van der Waals surface area contributed by atoms with Gasteiger partial charge in [-0.05, 0) is 83.9 Å². The SMILES string of the molecule is CCCN(CC)C(=O)c1ccc(-c2cc(Cl)ccc2OCC(=O)OC(C)(C)C)cc1S(=O)(=O)C(C)C. The zero-order chi connectivity index (χ0) is 27.3.